The smallest absolute Gasteiger partial charge is 0.351 e. The van der Waals surface area contributed by atoms with Gasteiger partial charge >= 0.3 is 6.18 Å². The average molecular weight is 303 g/mol. The Hall–Kier alpha value is -1.59. The summed E-state index contributed by atoms with van der Waals surface area (Å²) in [5.74, 6) is -2.31. The molecule has 1 saturated carbocycles. The molecular weight excluding hydrogens is 286 g/mol. The second-order valence-electron chi connectivity index (χ2n) is 5.87. The van der Waals surface area contributed by atoms with E-state index in [9.17, 15) is 22.4 Å². The molecule has 116 valence electrons. The first-order valence-corrected chi connectivity index (χ1v) is 6.87. The molecule has 1 amide bonds. The molecule has 1 aliphatic carbocycles. The van der Waals surface area contributed by atoms with Crippen LogP contribution in [0.2, 0.25) is 0 Å². The molecule has 0 bridgehead atoms. The molecule has 1 aliphatic rings. The number of rotatable bonds is 3. The summed E-state index contributed by atoms with van der Waals surface area (Å²) < 4.78 is 51.7. The van der Waals surface area contributed by atoms with Crippen LogP contribution >= 0.6 is 0 Å². The molecule has 1 aromatic rings. The molecule has 1 fully saturated rings. The summed E-state index contributed by atoms with van der Waals surface area (Å²) in [5.41, 5.74) is -2.03. The summed E-state index contributed by atoms with van der Waals surface area (Å²) in [6, 6.07) is 2.74. The van der Waals surface area contributed by atoms with E-state index in [0.29, 0.717) is 12.6 Å². The summed E-state index contributed by atoms with van der Waals surface area (Å²) in [4.78, 5) is 11.9. The predicted molar refractivity (Wildman–Crippen MR) is 70.3 cm³/mol. The number of carbonyl (C=O) groups excluding carboxylic acids is 1. The molecule has 1 N–H and O–H groups in total. The van der Waals surface area contributed by atoms with Crippen molar-refractivity contribution in [2.24, 2.45) is 5.41 Å². The highest BCUT2D eigenvalue weighted by Crippen LogP contribution is 2.37. The van der Waals surface area contributed by atoms with Crippen LogP contribution < -0.4 is 5.32 Å². The van der Waals surface area contributed by atoms with Gasteiger partial charge in [-0.05, 0) is 30.4 Å². The lowest BCUT2D eigenvalue weighted by Gasteiger charge is -2.23. The van der Waals surface area contributed by atoms with Crippen molar-refractivity contribution < 1.29 is 22.4 Å². The number of benzene rings is 1. The van der Waals surface area contributed by atoms with Gasteiger partial charge in [-0.1, -0.05) is 25.8 Å². The van der Waals surface area contributed by atoms with Crippen molar-refractivity contribution in [3.05, 3.63) is 35.1 Å². The molecule has 0 saturated heterocycles. The largest absolute Gasteiger partial charge is 0.419 e. The number of alkyl halides is 3. The molecule has 2 rings (SSSR count). The summed E-state index contributed by atoms with van der Waals surface area (Å²) in [7, 11) is 0. The highest BCUT2D eigenvalue weighted by molar-refractivity contribution is 5.94. The summed E-state index contributed by atoms with van der Waals surface area (Å²) >= 11 is 0. The van der Waals surface area contributed by atoms with Crippen molar-refractivity contribution in [1.29, 1.82) is 0 Å². The lowest BCUT2D eigenvalue weighted by Crippen LogP contribution is -2.34. The molecule has 0 heterocycles. The van der Waals surface area contributed by atoms with E-state index in [1.807, 2.05) is 6.92 Å². The van der Waals surface area contributed by atoms with Gasteiger partial charge in [0.1, 0.15) is 5.82 Å². The number of nitrogens with one attached hydrogen (secondary N) is 1. The van der Waals surface area contributed by atoms with Crippen molar-refractivity contribution in [1.82, 2.24) is 5.32 Å². The van der Waals surface area contributed by atoms with Crippen LogP contribution in [0.3, 0.4) is 0 Å². The van der Waals surface area contributed by atoms with Gasteiger partial charge in [-0.2, -0.15) is 13.2 Å². The van der Waals surface area contributed by atoms with Crippen molar-refractivity contribution >= 4 is 5.91 Å². The lowest BCUT2D eigenvalue weighted by molar-refractivity contribution is -0.140. The molecule has 21 heavy (non-hydrogen) atoms. The van der Waals surface area contributed by atoms with E-state index in [2.05, 4.69) is 5.32 Å². The monoisotopic (exact) mass is 303 g/mol. The highest BCUT2D eigenvalue weighted by Gasteiger charge is 2.36. The van der Waals surface area contributed by atoms with Gasteiger partial charge < -0.3 is 5.32 Å². The summed E-state index contributed by atoms with van der Waals surface area (Å²) in [5, 5.41) is 2.55. The first-order chi connectivity index (χ1) is 9.73. The molecule has 0 atom stereocenters. The first-order valence-electron chi connectivity index (χ1n) is 6.87. The zero-order valence-corrected chi connectivity index (χ0v) is 11.7. The third-order valence-corrected chi connectivity index (χ3v) is 4.04. The fourth-order valence-corrected chi connectivity index (χ4v) is 2.72. The Labute approximate surface area is 120 Å². The number of hydrogen-bond donors (Lipinski definition) is 1. The zero-order chi connectivity index (χ0) is 15.7. The first kappa shape index (κ1) is 15.8. The Bertz CT molecular complexity index is 533. The quantitative estimate of drug-likeness (QED) is 0.835. The number of halogens is 4. The molecule has 1 aromatic carbocycles. The molecule has 6 heteroatoms. The van der Waals surface area contributed by atoms with Crippen LogP contribution in [-0.2, 0) is 6.18 Å². The summed E-state index contributed by atoms with van der Waals surface area (Å²) in [6.07, 6.45) is -0.747. The fraction of sp³-hybridized carbons (Fsp3) is 0.533. The van der Waals surface area contributed by atoms with Crippen LogP contribution in [0.25, 0.3) is 0 Å². The van der Waals surface area contributed by atoms with Crippen molar-refractivity contribution in [2.45, 2.75) is 38.8 Å². The number of hydrogen-bond acceptors (Lipinski definition) is 1. The maximum atomic E-state index is 13.8. The average Bonchev–Trinajstić information content (AvgIpc) is 2.82. The Morgan fingerprint density at radius 1 is 1.29 bits per heavy atom. The topological polar surface area (TPSA) is 29.1 Å². The normalized spacial score (nSPS) is 17.8. The number of amides is 1. The molecule has 0 spiro atoms. The van der Waals surface area contributed by atoms with Crippen molar-refractivity contribution in [3.63, 3.8) is 0 Å². The van der Waals surface area contributed by atoms with Crippen molar-refractivity contribution in [2.75, 3.05) is 6.54 Å². The Kier molecular flexibility index (Phi) is 4.25. The van der Waals surface area contributed by atoms with E-state index in [-0.39, 0.29) is 5.41 Å². The third kappa shape index (κ3) is 3.54. The summed E-state index contributed by atoms with van der Waals surface area (Å²) in [6.45, 7) is 2.37. The Morgan fingerprint density at radius 2 is 1.90 bits per heavy atom. The van der Waals surface area contributed by atoms with E-state index in [4.69, 9.17) is 0 Å². The van der Waals surface area contributed by atoms with Crippen LogP contribution in [0.15, 0.2) is 18.2 Å². The van der Waals surface area contributed by atoms with Gasteiger partial charge in [-0.25, -0.2) is 4.39 Å². The maximum Gasteiger partial charge on any atom is 0.419 e. The lowest BCUT2D eigenvalue weighted by atomic mass is 9.89. The van der Waals surface area contributed by atoms with Gasteiger partial charge in [0.15, 0.2) is 0 Å². The molecule has 0 unspecified atom stereocenters. The fourth-order valence-electron chi connectivity index (χ4n) is 2.72. The molecule has 2 nitrogen and oxygen atoms in total. The van der Waals surface area contributed by atoms with E-state index >= 15 is 0 Å². The van der Waals surface area contributed by atoms with Crippen molar-refractivity contribution in [3.8, 4) is 0 Å². The van der Waals surface area contributed by atoms with Crippen LogP contribution in [0.1, 0.15) is 48.5 Å². The van der Waals surface area contributed by atoms with E-state index in [0.717, 1.165) is 37.8 Å². The van der Waals surface area contributed by atoms with Gasteiger partial charge in [0.05, 0.1) is 11.1 Å². The molecule has 0 radical (unpaired) electrons. The highest BCUT2D eigenvalue weighted by atomic mass is 19.4. The van der Waals surface area contributed by atoms with E-state index in [1.54, 1.807) is 0 Å². The number of carbonyl (C=O) groups is 1. The minimum absolute atomic E-state index is 0.0478. The Balaban J connectivity index is 2.13. The third-order valence-electron chi connectivity index (χ3n) is 4.04. The second-order valence-corrected chi connectivity index (χ2v) is 5.87. The Morgan fingerprint density at radius 3 is 2.48 bits per heavy atom. The van der Waals surface area contributed by atoms with Gasteiger partial charge in [0.2, 0.25) is 0 Å². The van der Waals surface area contributed by atoms with Crippen LogP contribution in [-0.4, -0.2) is 12.5 Å². The van der Waals surface area contributed by atoms with Crippen LogP contribution in [0, 0.1) is 11.2 Å². The molecule has 0 aromatic heterocycles. The molecular formula is C15H17F4NO. The zero-order valence-electron chi connectivity index (χ0n) is 11.7. The van der Waals surface area contributed by atoms with E-state index < -0.39 is 29.0 Å². The van der Waals surface area contributed by atoms with Gasteiger partial charge in [0.25, 0.3) is 5.91 Å². The van der Waals surface area contributed by atoms with Gasteiger partial charge in [-0.15, -0.1) is 0 Å². The predicted octanol–water partition coefficient (Wildman–Crippen LogP) is 4.15. The van der Waals surface area contributed by atoms with Gasteiger partial charge in [0, 0.05) is 6.54 Å². The SMILES string of the molecule is CC1(CNC(=O)c2cccc(C(F)(F)F)c2F)CCCC1. The van der Waals surface area contributed by atoms with Gasteiger partial charge in [-0.3, -0.25) is 4.79 Å². The second kappa shape index (κ2) is 5.66. The van der Waals surface area contributed by atoms with Crippen LogP contribution in [0.4, 0.5) is 17.6 Å². The molecule has 0 aliphatic heterocycles. The maximum absolute atomic E-state index is 13.8. The van der Waals surface area contributed by atoms with E-state index in [1.165, 1.54) is 0 Å². The van der Waals surface area contributed by atoms with Crippen LogP contribution in [0.5, 0.6) is 0 Å². The minimum Gasteiger partial charge on any atom is -0.351 e. The minimum atomic E-state index is -4.81. The standard InChI is InChI=1S/C15H17F4NO/c1-14(7-2-3-8-14)9-20-13(21)10-5-4-6-11(12(10)16)15(17,18)19/h4-6H,2-3,7-9H2,1H3,(H,20,21).